The number of para-hydroxylation sites is 1. The van der Waals surface area contributed by atoms with Gasteiger partial charge in [-0.15, -0.1) is 11.3 Å². The zero-order chi connectivity index (χ0) is 16.1. The van der Waals surface area contributed by atoms with Crippen molar-refractivity contribution in [3.05, 3.63) is 58.4 Å². The van der Waals surface area contributed by atoms with Crippen molar-refractivity contribution in [2.45, 2.75) is 6.42 Å². The average Bonchev–Trinajstić information content (AvgIpc) is 3.26. The third-order valence-electron chi connectivity index (χ3n) is 3.44. The maximum absolute atomic E-state index is 12.2. The number of H-pyrrole nitrogens is 1. The van der Waals surface area contributed by atoms with Gasteiger partial charge in [0.1, 0.15) is 11.4 Å². The fraction of sp³-hybridized carbons (Fsp3) is 0.176. The minimum atomic E-state index is -0.157. The summed E-state index contributed by atoms with van der Waals surface area (Å²) in [4.78, 5) is 13.4. The zero-order valence-electron chi connectivity index (χ0n) is 12.7. The third-order valence-corrected chi connectivity index (χ3v) is 4.38. The fourth-order valence-electron chi connectivity index (χ4n) is 2.28. The van der Waals surface area contributed by atoms with Gasteiger partial charge in [-0.2, -0.15) is 5.10 Å². The van der Waals surface area contributed by atoms with Gasteiger partial charge < -0.3 is 10.1 Å². The van der Waals surface area contributed by atoms with Crippen LogP contribution < -0.4 is 10.1 Å². The maximum atomic E-state index is 12.2. The Labute approximate surface area is 138 Å². The number of amides is 1. The van der Waals surface area contributed by atoms with E-state index < -0.39 is 0 Å². The maximum Gasteiger partial charge on any atom is 0.269 e. The summed E-state index contributed by atoms with van der Waals surface area (Å²) < 4.78 is 5.32. The highest BCUT2D eigenvalue weighted by Gasteiger charge is 2.13. The molecule has 2 heterocycles. The molecule has 0 aliphatic rings. The smallest absolute Gasteiger partial charge is 0.269 e. The van der Waals surface area contributed by atoms with E-state index in [0.29, 0.717) is 17.9 Å². The van der Waals surface area contributed by atoms with Gasteiger partial charge in [0.05, 0.1) is 12.8 Å². The van der Waals surface area contributed by atoms with Crippen LogP contribution in [0.1, 0.15) is 15.4 Å². The van der Waals surface area contributed by atoms with Crippen LogP contribution in [0.2, 0.25) is 0 Å². The van der Waals surface area contributed by atoms with E-state index in [1.54, 1.807) is 24.5 Å². The lowest BCUT2D eigenvalue weighted by molar-refractivity contribution is 0.0949. The Kier molecular flexibility index (Phi) is 4.73. The monoisotopic (exact) mass is 327 g/mol. The topological polar surface area (TPSA) is 67.0 Å². The highest BCUT2D eigenvalue weighted by Crippen LogP contribution is 2.28. The molecule has 0 aliphatic heterocycles. The molecular formula is C17H17N3O2S. The zero-order valence-corrected chi connectivity index (χ0v) is 13.5. The number of nitrogens with zero attached hydrogens (tertiary/aromatic N) is 1. The van der Waals surface area contributed by atoms with E-state index in [1.165, 1.54) is 4.88 Å². The van der Waals surface area contributed by atoms with Crippen molar-refractivity contribution in [3.63, 3.8) is 0 Å². The summed E-state index contributed by atoms with van der Waals surface area (Å²) >= 11 is 1.69. The van der Waals surface area contributed by atoms with Crippen molar-refractivity contribution in [2.24, 2.45) is 0 Å². The van der Waals surface area contributed by atoms with Crippen LogP contribution >= 0.6 is 11.3 Å². The number of aromatic amines is 1. The molecule has 2 aromatic heterocycles. The van der Waals surface area contributed by atoms with Gasteiger partial charge in [0, 0.05) is 17.0 Å². The molecular weight excluding hydrogens is 310 g/mol. The lowest BCUT2D eigenvalue weighted by Gasteiger charge is -2.04. The number of carbonyl (C=O) groups excluding carboxylic acids is 1. The van der Waals surface area contributed by atoms with E-state index in [-0.39, 0.29) is 5.91 Å². The van der Waals surface area contributed by atoms with Gasteiger partial charge in [-0.1, -0.05) is 18.2 Å². The summed E-state index contributed by atoms with van der Waals surface area (Å²) in [6, 6.07) is 13.4. The largest absolute Gasteiger partial charge is 0.496 e. The predicted molar refractivity (Wildman–Crippen MR) is 90.9 cm³/mol. The molecule has 3 rings (SSSR count). The molecule has 0 spiro atoms. The number of ether oxygens (including phenoxy) is 1. The average molecular weight is 327 g/mol. The molecule has 0 saturated carbocycles. The lowest BCUT2D eigenvalue weighted by Crippen LogP contribution is -2.25. The molecule has 3 aromatic rings. The minimum Gasteiger partial charge on any atom is -0.496 e. The number of methoxy groups -OCH3 is 1. The van der Waals surface area contributed by atoms with Gasteiger partial charge in [-0.25, -0.2) is 0 Å². The molecule has 6 heteroatoms. The Morgan fingerprint density at radius 3 is 2.96 bits per heavy atom. The van der Waals surface area contributed by atoms with Crippen LogP contribution in [-0.2, 0) is 6.42 Å². The van der Waals surface area contributed by atoms with Crippen LogP contribution in [-0.4, -0.2) is 29.8 Å². The number of rotatable bonds is 6. The Morgan fingerprint density at radius 2 is 2.17 bits per heavy atom. The van der Waals surface area contributed by atoms with E-state index in [4.69, 9.17) is 4.74 Å². The van der Waals surface area contributed by atoms with Gasteiger partial charge in [0.2, 0.25) is 0 Å². The van der Waals surface area contributed by atoms with Crippen molar-refractivity contribution in [1.82, 2.24) is 15.5 Å². The molecule has 0 aliphatic carbocycles. The first-order chi connectivity index (χ1) is 11.3. The second kappa shape index (κ2) is 7.11. The Bertz CT molecular complexity index is 781. The number of nitrogens with one attached hydrogen (secondary N) is 2. The number of carbonyl (C=O) groups is 1. The molecule has 0 atom stereocenters. The first-order valence-corrected chi connectivity index (χ1v) is 8.15. The highest BCUT2D eigenvalue weighted by atomic mass is 32.1. The van der Waals surface area contributed by atoms with Gasteiger partial charge in [0.15, 0.2) is 0 Å². The van der Waals surface area contributed by atoms with Crippen molar-refractivity contribution in [3.8, 4) is 17.0 Å². The van der Waals surface area contributed by atoms with Crippen molar-refractivity contribution in [2.75, 3.05) is 13.7 Å². The van der Waals surface area contributed by atoms with E-state index in [2.05, 4.69) is 21.6 Å². The molecule has 0 radical (unpaired) electrons. The summed E-state index contributed by atoms with van der Waals surface area (Å²) in [7, 11) is 1.61. The van der Waals surface area contributed by atoms with Gasteiger partial charge in [0.25, 0.3) is 5.91 Å². The number of hydrogen-bond acceptors (Lipinski definition) is 4. The van der Waals surface area contributed by atoms with Crippen LogP contribution in [0.3, 0.4) is 0 Å². The number of benzene rings is 1. The number of aromatic nitrogens is 2. The standard InChI is InChI=1S/C17H17N3O2S/c1-22-16-7-3-2-6-13(16)14-11-15(20-19-14)17(21)18-9-8-12-5-4-10-23-12/h2-7,10-11H,8-9H2,1H3,(H,18,21)(H,19,20). The fourth-order valence-corrected chi connectivity index (χ4v) is 2.99. The van der Waals surface area contributed by atoms with E-state index in [9.17, 15) is 4.79 Å². The summed E-state index contributed by atoms with van der Waals surface area (Å²) in [5.74, 6) is 0.568. The van der Waals surface area contributed by atoms with Gasteiger partial charge in [-0.3, -0.25) is 9.89 Å². The van der Waals surface area contributed by atoms with Crippen LogP contribution in [0, 0.1) is 0 Å². The van der Waals surface area contributed by atoms with Gasteiger partial charge >= 0.3 is 0 Å². The van der Waals surface area contributed by atoms with Crippen LogP contribution in [0.5, 0.6) is 5.75 Å². The van der Waals surface area contributed by atoms with Crippen LogP contribution in [0.25, 0.3) is 11.3 Å². The molecule has 1 aromatic carbocycles. The van der Waals surface area contributed by atoms with E-state index in [1.807, 2.05) is 35.7 Å². The number of hydrogen-bond donors (Lipinski definition) is 2. The van der Waals surface area contributed by atoms with Crippen LogP contribution in [0.15, 0.2) is 47.8 Å². The molecule has 1 amide bonds. The van der Waals surface area contributed by atoms with Crippen molar-refractivity contribution < 1.29 is 9.53 Å². The van der Waals surface area contributed by atoms with Crippen molar-refractivity contribution >= 4 is 17.2 Å². The summed E-state index contributed by atoms with van der Waals surface area (Å²) in [5.41, 5.74) is 1.98. The molecule has 118 valence electrons. The summed E-state index contributed by atoms with van der Waals surface area (Å²) in [6.07, 6.45) is 0.830. The molecule has 5 nitrogen and oxygen atoms in total. The normalized spacial score (nSPS) is 10.5. The molecule has 0 bridgehead atoms. The van der Waals surface area contributed by atoms with Crippen molar-refractivity contribution in [1.29, 1.82) is 0 Å². The predicted octanol–water partition coefficient (Wildman–Crippen LogP) is 3.12. The lowest BCUT2D eigenvalue weighted by atomic mass is 10.1. The van der Waals surface area contributed by atoms with E-state index >= 15 is 0 Å². The Balaban J connectivity index is 1.65. The summed E-state index contributed by atoms with van der Waals surface area (Å²) in [5, 5.41) is 11.9. The van der Waals surface area contributed by atoms with E-state index in [0.717, 1.165) is 17.7 Å². The number of thiophene rings is 1. The molecule has 0 unspecified atom stereocenters. The second-order valence-electron chi connectivity index (χ2n) is 4.95. The van der Waals surface area contributed by atoms with Gasteiger partial charge in [-0.05, 0) is 36.1 Å². The highest BCUT2D eigenvalue weighted by molar-refractivity contribution is 7.09. The molecule has 0 fully saturated rings. The molecule has 23 heavy (non-hydrogen) atoms. The minimum absolute atomic E-state index is 0.157. The van der Waals surface area contributed by atoms with Crippen LogP contribution in [0.4, 0.5) is 0 Å². The Hall–Kier alpha value is -2.60. The Morgan fingerprint density at radius 1 is 1.30 bits per heavy atom. The summed E-state index contributed by atoms with van der Waals surface area (Å²) in [6.45, 7) is 0.600. The molecule has 0 saturated heterocycles. The first kappa shape index (κ1) is 15.3. The second-order valence-corrected chi connectivity index (χ2v) is 5.98. The molecule has 2 N–H and O–H groups in total. The first-order valence-electron chi connectivity index (χ1n) is 7.27. The quantitative estimate of drug-likeness (QED) is 0.731. The SMILES string of the molecule is COc1ccccc1-c1cc(C(=O)NCCc2cccs2)[nH]n1. The third kappa shape index (κ3) is 3.60.